The van der Waals surface area contributed by atoms with E-state index >= 15 is 0 Å². The van der Waals surface area contributed by atoms with Crippen molar-refractivity contribution < 1.29 is 5.11 Å². The molecule has 0 heterocycles. The van der Waals surface area contributed by atoms with Crippen LogP contribution >= 0.6 is 0 Å². The zero-order chi connectivity index (χ0) is 7.82. The molecule has 1 unspecified atom stereocenters. The molecule has 0 spiro atoms. The third-order valence-corrected chi connectivity index (χ3v) is 1.84. The molecule has 0 aromatic heterocycles. The Balaban J connectivity index is 3.21. The summed E-state index contributed by atoms with van der Waals surface area (Å²) in [5.41, 5.74) is 0. The number of nitrogens with one attached hydrogen (secondary N) is 1. The highest BCUT2D eigenvalue weighted by Crippen LogP contribution is 2.08. The minimum atomic E-state index is 0.334. The number of aliphatic hydroxyl groups excluding tert-OH is 1. The number of hydrogen-bond acceptors (Lipinski definition) is 2. The Morgan fingerprint density at radius 3 is 2.60 bits per heavy atom. The van der Waals surface area contributed by atoms with Gasteiger partial charge < -0.3 is 10.4 Å². The van der Waals surface area contributed by atoms with E-state index in [-0.39, 0.29) is 0 Å². The monoisotopic (exact) mass is 145 g/mol. The quantitative estimate of drug-likeness (QED) is 0.584. The maximum absolute atomic E-state index is 8.56. The Hall–Kier alpha value is -0.0800. The molecule has 0 radical (unpaired) electrons. The molecule has 0 fully saturated rings. The van der Waals surface area contributed by atoms with Gasteiger partial charge in [-0.25, -0.2) is 0 Å². The van der Waals surface area contributed by atoms with Gasteiger partial charge in [0.2, 0.25) is 0 Å². The normalized spacial score (nSPS) is 13.5. The van der Waals surface area contributed by atoms with Crippen LogP contribution in [0.15, 0.2) is 0 Å². The summed E-state index contributed by atoms with van der Waals surface area (Å²) in [7, 11) is 1.97. The van der Waals surface area contributed by atoms with Gasteiger partial charge >= 0.3 is 0 Å². The lowest BCUT2D eigenvalue weighted by molar-refractivity contribution is 0.269. The second kappa shape index (κ2) is 7.03. The van der Waals surface area contributed by atoms with Crippen LogP contribution in [0.1, 0.15) is 26.2 Å². The Kier molecular flexibility index (Phi) is 6.98. The van der Waals surface area contributed by atoms with E-state index in [0.29, 0.717) is 6.61 Å². The van der Waals surface area contributed by atoms with Crippen molar-refractivity contribution in [1.29, 1.82) is 0 Å². The smallest absolute Gasteiger partial charge is 0.0431 e. The summed E-state index contributed by atoms with van der Waals surface area (Å²) in [6, 6.07) is 0. The second-order valence-corrected chi connectivity index (χ2v) is 2.70. The molecular weight excluding hydrogens is 126 g/mol. The molecule has 0 bridgehead atoms. The summed E-state index contributed by atoms with van der Waals surface area (Å²) >= 11 is 0. The van der Waals surface area contributed by atoms with Gasteiger partial charge in [0.25, 0.3) is 0 Å². The second-order valence-electron chi connectivity index (χ2n) is 2.70. The third kappa shape index (κ3) is 4.77. The van der Waals surface area contributed by atoms with E-state index in [1.54, 1.807) is 0 Å². The maximum Gasteiger partial charge on any atom is 0.0431 e. The largest absolute Gasteiger partial charge is 0.396 e. The maximum atomic E-state index is 8.56. The van der Waals surface area contributed by atoms with E-state index in [9.17, 15) is 0 Å². The standard InChI is InChI=1S/C8H19NO/c1-3-8(7-9-2)5-4-6-10/h8-10H,3-7H2,1-2H3. The van der Waals surface area contributed by atoms with Gasteiger partial charge in [-0.1, -0.05) is 13.3 Å². The molecule has 0 aliphatic rings. The summed E-state index contributed by atoms with van der Waals surface area (Å²) in [6.07, 6.45) is 3.30. The number of hydrogen-bond donors (Lipinski definition) is 2. The number of rotatable bonds is 6. The average molecular weight is 145 g/mol. The van der Waals surface area contributed by atoms with Crippen LogP contribution < -0.4 is 5.32 Å². The van der Waals surface area contributed by atoms with Crippen LogP contribution in [0.3, 0.4) is 0 Å². The average Bonchev–Trinajstić information content (AvgIpc) is 1.98. The Bertz CT molecular complexity index is 66.3. The molecule has 0 amide bonds. The summed E-state index contributed by atoms with van der Waals surface area (Å²) < 4.78 is 0. The fourth-order valence-electron chi connectivity index (χ4n) is 1.12. The molecule has 0 saturated carbocycles. The predicted octanol–water partition coefficient (Wildman–Crippen LogP) is 1.00. The molecule has 10 heavy (non-hydrogen) atoms. The Labute approximate surface area is 63.6 Å². The van der Waals surface area contributed by atoms with Crippen LogP contribution in [0.4, 0.5) is 0 Å². The van der Waals surface area contributed by atoms with Gasteiger partial charge in [-0.2, -0.15) is 0 Å². The van der Waals surface area contributed by atoms with Crippen LogP contribution in [-0.4, -0.2) is 25.3 Å². The van der Waals surface area contributed by atoms with E-state index in [1.165, 1.54) is 6.42 Å². The van der Waals surface area contributed by atoms with Crippen molar-refractivity contribution in [3.8, 4) is 0 Å². The lowest BCUT2D eigenvalue weighted by Gasteiger charge is -2.12. The van der Waals surface area contributed by atoms with Crippen molar-refractivity contribution in [2.45, 2.75) is 26.2 Å². The highest BCUT2D eigenvalue weighted by Gasteiger charge is 2.02. The van der Waals surface area contributed by atoms with Crippen LogP contribution in [0.5, 0.6) is 0 Å². The molecule has 0 aliphatic heterocycles. The van der Waals surface area contributed by atoms with Crippen molar-refractivity contribution >= 4 is 0 Å². The molecule has 0 aromatic rings. The van der Waals surface area contributed by atoms with Gasteiger partial charge in [-0.3, -0.25) is 0 Å². The minimum Gasteiger partial charge on any atom is -0.396 e. The van der Waals surface area contributed by atoms with Crippen molar-refractivity contribution in [3.63, 3.8) is 0 Å². The van der Waals surface area contributed by atoms with E-state index in [1.807, 2.05) is 7.05 Å². The molecule has 0 saturated heterocycles. The molecule has 0 aromatic carbocycles. The minimum absolute atomic E-state index is 0.334. The van der Waals surface area contributed by atoms with Crippen molar-refractivity contribution in [2.24, 2.45) is 5.92 Å². The van der Waals surface area contributed by atoms with Gasteiger partial charge in [0.05, 0.1) is 0 Å². The van der Waals surface area contributed by atoms with Crippen molar-refractivity contribution in [3.05, 3.63) is 0 Å². The molecule has 2 N–H and O–H groups in total. The molecular formula is C8H19NO. The molecule has 62 valence electrons. The van der Waals surface area contributed by atoms with E-state index in [4.69, 9.17) is 5.11 Å². The lowest BCUT2D eigenvalue weighted by atomic mass is 10.0. The molecule has 2 nitrogen and oxygen atoms in total. The first-order chi connectivity index (χ1) is 4.85. The Morgan fingerprint density at radius 1 is 1.50 bits per heavy atom. The van der Waals surface area contributed by atoms with Crippen LogP contribution in [0, 0.1) is 5.92 Å². The summed E-state index contributed by atoms with van der Waals surface area (Å²) in [6.45, 7) is 3.61. The van der Waals surface area contributed by atoms with E-state index in [2.05, 4.69) is 12.2 Å². The van der Waals surface area contributed by atoms with Crippen LogP contribution in [-0.2, 0) is 0 Å². The summed E-state index contributed by atoms with van der Waals surface area (Å²) in [5, 5.41) is 11.7. The lowest BCUT2D eigenvalue weighted by Crippen LogP contribution is -2.18. The predicted molar refractivity (Wildman–Crippen MR) is 44.0 cm³/mol. The van der Waals surface area contributed by atoms with Gasteiger partial charge in [-0.15, -0.1) is 0 Å². The van der Waals surface area contributed by atoms with Gasteiger partial charge in [0, 0.05) is 6.61 Å². The molecule has 0 rings (SSSR count). The Morgan fingerprint density at radius 2 is 2.20 bits per heavy atom. The summed E-state index contributed by atoms with van der Waals surface area (Å²) in [5.74, 6) is 0.747. The van der Waals surface area contributed by atoms with Gasteiger partial charge in [0.15, 0.2) is 0 Å². The zero-order valence-electron chi connectivity index (χ0n) is 7.06. The highest BCUT2D eigenvalue weighted by atomic mass is 16.2. The first-order valence-corrected chi connectivity index (χ1v) is 4.10. The van der Waals surface area contributed by atoms with Gasteiger partial charge in [0.1, 0.15) is 0 Å². The van der Waals surface area contributed by atoms with Crippen molar-refractivity contribution in [1.82, 2.24) is 5.32 Å². The van der Waals surface area contributed by atoms with E-state index in [0.717, 1.165) is 25.3 Å². The van der Waals surface area contributed by atoms with Crippen molar-refractivity contribution in [2.75, 3.05) is 20.2 Å². The molecule has 2 heteroatoms. The molecule has 1 atom stereocenters. The highest BCUT2D eigenvalue weighted by molar-refractivity contribution is 4.58. The zero-order valence-corrected chi connectivity index (χ0v) is 7.06. The SMILES string of the molecule is CCC(CCCO)CNC. The van der Waals surface area contributed by atoms with Gasteiger partial charge in [-0.05, 0) is 32.4 Å². The van der Waals surface area contributed by atoms with Crippen LogP contribution in [0.2, 0.25) is 0 Å². The first kappa shape index (κ1) is 9.92. The van der Waals surface area contributed by atoms with Crippen LogP contribution in [0.25, 0.3) is 0 Å². The molecule has 0 aliphatic carbocycles. The topological polar surface area (TPSA) is 32.3 Å². The first-order valence-electron chi connectivity index (χ1n) is 4.10. The van der Waals surface area contributed by atoms with E-state index < -0.39 is 0 Å². The number of aliphatic hydroxyl groups is 1. The fourth-order valence-corrected chi connectivity index (χ4v) is 1.12. The third-order valence-electron chi connectivity index (χ3n) is 1.84. The fraction of sp³-hybridized carbons (Fsp3) is 1.00. The summed E-state index contributed by atoms with van der Waals surface area (Å²) in [4.78, 5) is 0.